The smallest absolute Gasteiger partial charge is 0.237 e. The van der Waals surface area contributed by atoms with Crippen molar-refractivity contribution in [3.8, 4) is 0 Å². The van der Waals surface area contributed by atoms with Crippen LogP contribution in [0.5, 0.6) is 0 Å². The minimum Gasteiger partial charge on any atom is -0.338 e. The van der Waals surface area contributed by atoms with Gasteiger partial charge in [0.25, 0.3) is 0 Å². The van der Waals surface area contributed by atoms with E-state index in [0.717, 1.165) is 50.6 Å². The van der Waals surface area contributed by atoms with E-state index in [-0.39, 0.29) is 5.91 Å². The highest BCUT2D eigenvalue weighted by Gasteiger charge is 2.22. The summed E-state index contributed by atoms with van der Waals surface area (Å²) < 4.78 is 2.07. The fraction of sp³-hybridized carbons (Fsp3) is 0.391. The van der Waals surface area contributed by atoms with Gasteiger partial charge in [0.15, 0.2) is 0 Å². The normalized spacial score (nSPS) is 15.6. The molecule has 1 fully saturated rings. The molecule has 3 aromatic rings. The number of aromatic nitrogens is 2. The average molecular weight is 392 g/mol. The van der Waals surface area contributed by atoms with Gasteiger partial charge in [0.05, 0.1) is 12.2 Å². The lowest BCUT2D eigenvalue weighted by Gasteiger charge is -2.35. The van der Waals surface area contributed by atoms with E-state index in [9.17, 15) is 4.79 Å². The molecule has 29 heavy (non-hydrogen) atoms. The van der Waals surface area contributed by atoms with Gasteiger partial charge in [-0.15, -0.1) is 0 Å². The van der Waals surface area contributed by atoms with Crippen molar-refractivity contribution < 1.29 is 4.79 Å². The molecule has 1 aliphatic heterocycles. The van der Waals surface area contributed by atoms with Crippen molar-refractivity contribution in [1.82, 2.24) is 24.1 Å². The standard InChI is InChI=1S/C23H29N5O/c1-2-27(16-20-8-4-3-5-9-20)23(29)19-26-14-12-25(13-15-26)17-21-18-28-11-7-6-10-22(28)24-21/h3-11,18H,2,12-17,19H2,1H3. The first kappa shape index (κ1) is 19.6. The van der Waals surface area contributed by atoms with Crippen LogP contribution in [0.3, 0.4) is 0 Å². The SMILES string of the molecule is CCN(Cc1ccccc1)C(=O)CN1CCN(Cc2cn3ccccc3n2)CC1. The zero-order chi connectivity index (χ0) is 20.1. The van der Waals surface area contributed by atoms with E-state index < -0.39 is 0 Å². The van der Waals surface area contributed by atoms with Crippen molar-refractivity contribution in [2.45, 2.75) is 20.0 Å². The summed E-state index contributed by atoms with van der Waals surface area (Å²) in [5.74, 6) is 0.213. The van der Waals surface area contributed by atoms with Crippen LogP contribution < -0.4 is 0 Å². The molecule has 4 rings (SSSR count). The third kappa shape index (κ3) is 5.02. The Balaban J connectivity index is 1.26. The second kappa shape index (κ2) is 9.20. The lowest BCUT2D eigenvalue weighted by Crippen LogP contribution is -2.49. The van der Waals surface area contributed by atoms with Gasteiger partial charge >= 0.3 is 0 Å². The number of piperazine rings is 1. The molecule has 0 atom stereocenters. The molecule has 0 radical (unpaired) electrons. The molecule has 0 spiro atoms. The van der Waals surface area contributed by atoms with E-state index in [2.05, 4.69) is 32.5 Å². The van der Waals surface area contributed by atoms with Crippen LogP contribution in [0.25, 0.3) is 5.65 Å². The molecule has 6 heteroatoms. The largest absolute Gasteiger partial charge is 0.338 e. The maximum Gasteiger partial charge on any atom is 0.237 e. The number of nitrogens with zero attached hydrogens (tertiary/aromatic N) is 5. The minimum atomic E-state index is 0.213. The summed E-state index contributed by atoms with van der Waals surface area (Å²) in [6.07, 6.45) is 4.14. The van der Waals surface area contributed by atoms with Crippen molar-refractivity contribution in [3.05, 3.63) is 72.2 Å². The Labute approximate surface area is 172 Å². The van der Waals surface area contributed by atoms with Gasteiger partial charge < -0.3 is 9.30 Å². The van der Waals surface area contributed by atoms with Crippen LogP contribution in [0, 0.1) is 0 Å². The van der Waals surface area contributed by atoms with E-state index >= 15 is 0 Å². The number of pyridine rings is 1. The highest BCUT2D eigenvalue weighted by molar-refractivity contribution is 5.78. The van der Waals surface area contributed by atoms with E-state index in [0.29, 0.717) is 13.1 Å². The third-order valence-corrected chi connectivity index (χ3v) is 5.57. The zero-order valence-electron chi connectivity index (χ0n) is 17.1. The molecule has 3 heterocycles. The van der Waals surface area contributed by atoms with Crippen LogP contribution >= 0.6 is 0 Å². The lowest BCUT2D eigenvalue weighted by molar-refractivity contribution is -0.133. The summed E-state index contributed by atoms with van der Waals surface area (Å²) >= 11 is 0. The van der Waals surface area contributed by atoms with E-state index in [1.165, 1.54) is 5.56 Å². The Morgan fingerprint density at radius 1 is 1.00 bits per heavy atom. The Hall–Kier alpha value is -2.70. The molecular weight excluding hydrogens is 362 g/mol. The second-order valence-electron chi connectivity index (χ2n) is 7.64. The van der Waals surface area contributed by atoms with Crippen LogP contribution in [0.4, 0.5) is 0 Å². The second-order valence-corrected chi connectivity index (χ2v) is 7.64. The first-order chi connectivity index (χ1) is 14.2. The number of rotatable bonds is 7. The molecule has 1 aliphatic rings. The monoisotopic (exact) mass is 391 g/mol. The molecule has 0 N–H and O–H groups in total. The number of likely N-dealkylation sites (N-methyl/N-ethyl adjacent to an activating group) is 1. The Morgan fingerprint density at radius 3 is 2.45 bits per heavy atom. The molecule has 1 aromatic carbocycles. The van der Waals surface area contributed by atoms with Crippen molar-refractivity contribution in [1.29, 1.82) is 0 Å². The summed E-state index contributed by atoms with van der Waals surface area (Å²) in [7, 11) is 0. The lowest BCUT2D eigenvalue weighted by atomic mass is 10.2. The summed E-state index contributed by atoms with van der Waals surface area (Å²) in [5, 5.41) is 0. The van der Waals surface area contributed by atoms with Crippen molar-refractivity contribution >= 4 is 11.6 Å². The molecular formula is C23H29N5O. The number of imidazole rings is 1. The molecule has 2 aromatic heterocycles. The molecule has 0 bridgehead atoms. The van der Waals surface area contributed by atoms with Crippen molar-refractivity contribution in [2.24, 2.45) is 0 Å². The fourth-order valence-corrected chi connectivity index (χ4v) is 3.87. The van der Waals surface area contributed by atoms with Crippen molar-refractivity contribution in [3.63, 3.8) is 0 Å². The number of hydrogen-bond acceptors (Lipinski definition) is 4. The maximum atomic E-state index is 12.8. The molecule has 0 saturated carbocycles. The molecule has 1 amide bonds. The van der Waals surface area contributed by atoms with Gasteiger partial charge in [0, 0.05) is 58.2 Å². The Kier molecular flexibility index (Phi) is 6.22. The highest BCUT2D eigenvalue weighted by Crippen LogP contribution is 2.11. The van der Waals surface area contributed by atoms with E-state index in [1.54, 1.807) is 0 Å². The van der Waals surface area contributed by atoms with Gasteiger partial charge in [-0.2, -0.15) is 0 Å². The zero-order valence-corrected chi connectivity index (χ0v) is 17.1. The van der Waals surface area contributed by atoms with Crippen molar-refractivity contribution in [2.75, 3.05) is 39.3 Å². The van der Waals surface area contributed by atoms with Gasteiger partial charge in [0.1, 0.15) is 5.65 Å². The predicted molar refractivity (Wildman–Crippen MR) is 114 cm³/mol. The molecule has 152 valence electrons. The number of amides is 1. The van der Waals surface area contributed by atoms with Gasteiger partial charge in [-0.3, -0.25) is 14.6 Å². The summed E-state index contributed by atoms with van der Waals surface area (Å²) in [4.78, 5) is 24.1. The first-order valence-electron chi connectivity index (χ1n) is 10.4. The summed E-state index contributed by atoms with van der Waals surface area (Å²) in [6, 6.07) is 16.3. The fourth-order valence-electron chi connectivity index (χ4n) is 3.87. The third-order valence-electron chi connectivity index (χ3n) is 5.57. The quantitative estimate of drug-likeness (QED) is 0.621. The number of fused-ring (bicyclic) bond motifs is 1. The van der Waals surface area contributed by atoms with Gasteiger partial charge in [0.2, 0.25) is 5.91 Å². The predicted octanol–water partition coefficient (Wildman–Crippen LogP) is 2.50. The topological polar surface area (TPSA) is 44.1 Å². The van der Waals surface area contributed by atoms with Gasteiger partial charge in [-0.05, 0) is 24.6 Å². The highest BCUT2D eigenvalue weighted by atomic mass is 16.2. The average Bonchev–Trinajstić information content (AvgIpc) is 3.16. The van der Waals surface area contributed by atoms with Gasteiger partial charge in [-0.1, -0.05) is 36.4 Å². The van der Waals surface area contributed by atoms with Crippen LogP contribution in [0.2, 0.25) is 0 Å². The molecule has 1 saturated heterocycles. The number of hydrogen-bond donors (Lipinski definition) is 0. The minimum absolute atomic E-state index is 0.213. The summed E-state index contributed by atoms with van der Waals surface area (Å²) in [5.41, 5.74) is 3.27. The Bertz CT molecular complexity index is 898. The Morgan fingerprint density at radius 2 is 1.72 bits per heavy atom. The van der Waals surface area contributed by atoms with Crippen LogP contribution in [-0.2, 0) is 17.9 Å². The molecule has 0 unspecified atom stereocenters. The van der Waals surface area contributed by atoms with Crippen LogP contribution in [0.1, 0.15) is 18.2 Å². The van der Waals surface area contributed by atoms with E-state index in [1.807, 2.05) is 54.4 Å². The molecule has 0 aliphatic carbocycles. The van der Waals surface area contributed by atoms with E-state index in [4.69, 9.17) is 4.98 Å². The number of carbonyl (C=O) groups excluding carboxylic acids is 1. The summed E-state index contributed by atoms with van der Waals surface area (Å²) in [6.45, 7) is 8.60. The number of benzene rings is 1. The molecule has 6 nitrogen and oxygen atoms in total. The maximum absolute atomic E-state index is 12.8. The number of carbonyl (C=O) groups is 1. The van der Waals surface area contributed by atoms with Crippen LogP contribution in [0.15, 0.2) is 60.9 Å². The first-order valence-corrected chi connectivity index (χ1v) is 10.4. The van der Waals surface area contributed by atoms with Crippen LogP contribution in [-0.4, -0.2) is 69.3 Å². The van der Waals surface area contributed by atoms with Gasteiger partial charge in [-0.25, -0.2) is 4.98 Å².